The van der Waals surface area contributed by atoms with Crippen LogP contribution >= 0.6 is 0 Å². The van der Waals surface area contributed by atoms with Crippen molar-refractivity contribution in [2.45, 2.75) is 59.8 Å². The zero-order chi connectivity index (χ0) is 74.2. The van der Waals surface area contributed by atoms with Gasteiger partial charge in [0.2, 0.25) is 17.7 Å². The molecule has 0 atom stereocenters. The van der Waals surface area contributed by atoms with Crippen molar-refractivity contribution in [1.29, 1.82) is 0 Å². The van der Waals surface area contributed by atoms with Crippen molar-refractivity contribution in [1.82, 2.24) is 44.9 Å². The van der Waals surface area contributed by atoms with Gasteiger partial charge in [-0.1, -0.05) is 63.3 Å². The Kier molecular flexibility index (Phi) is 27.1. The molecule has 0 aliphatic heterocycles. The molecule has 0 aliphatic rings. The highest BCUT2D eigenvalue weighted by atomic mass is 16.5. The molecule has 6 aromatic carbocycles. The van der Waals surface area contributed by atoms with E-state index < -0.39 is 0 Å². The van der Waals surface area contributed by atoms with E-state index in [0.29, 0.717) is 86.7 Å². The Balaban J connectivity index is 0.000000170. The number of aryl methyl sites for hydroxylation is 1. The molecule has 6 amide bonds. The van der Waals surface area contributed by atoms with Gasteiger partial charge < -0.3 is 36.6 Å². The van der Waals surface area contributed by atoms with Crippen LogP contribution in [0, 0.1) is 6.92 Å². The number of allylic oxidation sites excluding steroid dienone is 3. The quantitative estimate of drug-likeness (QED) is 0.0306. The number of nitrogens with zero attached hydrogens (tertiary/aromatic N) is 9. The first-order valence-electron chi connectivity index (χ1n) is 34.0. The van der Waals surface area contributed by atoms with Crippen molar-refractivity contribution in [2.75, 3.05) is 31.9 Å². The third kappa shape index (κ3) is 23.2. The molecular formula is C84H75N15O7. The first-order valence-corrected chi connectivity index (χ1v) is 34.0. The molecule has 0 radical (unpaired) electrons. The minimum atomic E-state index is -0.291. The van der Waals surface area contributed by atoms with Crippen LogP contribution in [0.4, 0.5) is 34.1 Å². The average molecular weight is 1410 g/mol. The SMILES string of the molecule is CC/C=C/C(=O)Nc1ccc(C(=O)Nc2ccc(C)c(Cc3nccc(-c4cccnc4)n3)c2)cc1.CC/C=C/C(=O)Nc1ccc(C(=O)Nc2cccc(Cc3nccc(-c4cccnc4)n3)c2)cc1.CC/C=C/C(=O)Nc1ccc(C(=O)Nc2cccc(Oc3nccc(-c4cccnc4)n3)c2)cc1. The van der Waals surface area contributed by atoms with Crippen molar-refractivity contribution >= 4 is 69.6 Å². The van der Waals surface area contributed by atoms with Crippen LogP contribution in [0.15, 0.2) is 286 Å². The highest BCUT2D eigenvalue weighted by Gasteiger charge is 2.15. The van der Waals surface area contributed by atoms with E-state index >= 15 is 0 Å². The van der Waals surface area contributed by atoms with Gasteiger partial charge in [-0.3, -0.25) is 43.7 Å². The van der Waals surface area contributed by atoms with Crippen molar-refractivity contribution in [3.8, 4) is 45.5 Å². The van der Waals surface area contributed by atoms with Crippen LogP contribution in [0.2, 0.25) is 0 Å². The number of hydrogen-bond acceptors (Lipinski definition) is 16. The van der Waals surface area contributed by atoms with Gasteiger partial charge >= 0.3 is 6.01 Å². The van der Waals surface area contributed by atoms with Gasteiger partial charge in [-0.2, -0.15) is 4.98 Å². The van der Waals surface area contributed by atoms with E-state index in [2.05, 4.69) is 71.8 Å². The van der Waals surface area contributed by atoms with E-state index in [9.17, 15) is 28.8 Å². The topological polar surface area (TPSA) is 300 Å². The van der Waals surface area contributed by atoms with Crippen molar-refractivity contribution in [2.24, 2.45) is 0 Å². The van der Waals surface area contributed by atoms with Crippen LogP contribution in [0.25, 0.3) is 33.8 Å². The molecule has 0 saturated heterocycles. The Morgan fingerprint density at radius 3 is 1.20 bits per heavy atom. The number of anilines is 6. The second-order valence-electron chi connectivity index (χ2n) is 23.5. The predicted octanol–water partition coefficient (Wildman–Crippen LogP) is 16.4. The van der Waals surface area contributed by atoms with Gasteiger partial charge in [0.25, 0.3) is 17.7 Å². The first-order chi connectivity index (χ1) is 51.7. The Labute approximate surface area is 613 Å². The maximum atomic E-state index is 12.8. The maximum Gasteiger partial charge on any atom is 0.322 e. The molecule has 22 nitrogen and oxygen atoms in total. The summed E-state index contributed by atoms with van der Waals surface area (Å²) in [7, 11) is 0. The molecule has 12 aromatic rings. The molecule has 0 unspecified atom stereocenters. The number of benzene rings is 6. The minimum Gasteiger partial charge on any atom is -0.424 e. The zero-order valence-corrected chi connectivity index (χ0v) is 58.6. The summed E-state index contributed by atoms with van der Waals surface area (Å²) in [6.07, 6.45) is 28.8. The van der Waals surface area contributed by atoms with E-state index in [-0.39, 0.29) is 41.5 Å². The van der Waals surface area contributed by atoms with E-state index in [1.54, 1.807) is 177 Å². The van der Waals surface area contributed by atoms with Gasteiger partial charge in [-0.25, -0.2) is 24.9 Å². The molecule has 0 saturated carbocycles. The van der Waals surface area contributed by atoms with Crippen LogP contribution in [-0.4, -0.2) is 80.3 Å². The van der Waals surface area contributed by atoms with Crippen LogP contribution in [0.5, 0.6) is 11.8 Å². The lowest BCUT2D eigenvalue weighted by Crippen LogP contribution is -2.13. The smallest absolute Gasteiger partial charge is 0.322 e. The van der Waals surface area contributed by atoms with Crippen molar-refractivity contribution in [3.05, 3.63) is 331 Å². The fourth-order valence-corrected chi connectivity index (χ4v) is 10.1. The number of rotatable bonds is 24. The maximum absolute atomic E-state index is 12.8. The molecule has 0 fully saturated rings. The fraction of sp³-hybridized carbons (Fsp3) is 0.107. The Bertz CT molecular complexity index is 4850. The van der Waals surface area contributed by atoms with Crippen molar-refractivity contribution in [3.63, 3.8) is 0 Å². The van der Waals surface area contributed by atoms with Gasteiger partial charge in [0.15, 0.2) is 0 Å². The highest BCUT2D eigenvalue weighted by Crippen LogP contribution is 2.27. The lowest BCUT2D eigenvalue weighted by molar-refractivity contribution is -0.112. The Morgan fingerprint density at radius 2 is 0.764 bits per heavy atom. The third-order valence-corrected chi connectivity index (χ3v) is 15.5. The van der Waals surface area contributed by atoms with Crippen LogP contribution in [0.1, 0.15) is 99.4 Å². The third-order valence-electron chi connectivity index (χ3n) is 15.5. The summed E-state index contributed by atoms with van der Waals surface area (Å²) < 4.78 is 5.81. The summed E-state index contributed by atoms with van der Waals surface area (Å²) in [5, 5.41) is 17.0. The number of hydrogen-bond donors (Lipinski definition) is 6. The number of pyridine rings is 3. The van der Waals surface area contributed by atoms with Crippen LogP contribution < -0.4 is 36.6 Å². The monoisotopic (exact) mass is 1410 g/mol. The number of ether oxygens (including phenoxy) is 1. The van der Waals surface area contributed by atoms with Gasteiger partial charge in [0, 0.05) is 142 Å². The molecular weight excluding hydrogens is 1330 g/mol. The normalized spacial score (nSPS) is 10.8. The summed E-state index contributed by atoms with van der Waals surface area (Å²) in [6.45, 7) is 7.90. The molecule has 6 aromatic heterocycles. The summed E-state index contributed by atoms with van der Waals surface area (Å²) in [5.74, 6) is 0.479. The number of aromatic nitrogens is 9. The number of carbonyl (C=O) groups is 6. The number of nitrogens with one attached hydrogen (secondary N) is 6. The molecule has 528 valence electrons. The van der Waals surface area contributed by atoms with E-state index in [4.69, 9.17) is 9.72 Å². The Morgan fingerprint density at radius 1 is 0.368 bits per heavy atom. The second-order valence-corrected chi connectivity index (χ2v) is 23.5. The number of amides is 6. The first kappa shape index (κ1) is 74.5. The molecule has 106 heavy (non-hydrogen) atoms. The van der Waals surface area contributed by atoms with E-state index in [0.717, 1.165) is 64.0 Å². The minimum absolute atomic E-state index is 0.182. The number of carbonyl (C=O) groups excluding carboxylic acids is 6. The van der Waals surface area contributed by atoms with Gasteiger partial charge in [-0.15, -0.1) is 0 Å². The summed E-state index contributed by atoms with van der Waals surface area (Å²) >= 11 is 0. The van der Waals surface area contributed by atoms with E-state index in [1.165, 1.54) is 18.2 Å². The van der Waals surface area contributed by atoms with Gasteiger partial charge in [0.1, 0.15) is 17.4 Å². The van der Waals surface area contributed by atoms with Crippen LogP contribution in [-0.2, 0) is 27.2 Å². The molecule has 6 N–H and O–H groups in total. The average Bonchev–Trinajstić information content (AvgIpc) is 0.848. The lowest BCUT2D eigenvalue weighted by Gasteiger charge is -2.11. The molecule has 22 heteroatoms. The predicted molar refractivity (Wildman–Crippen MR) is 413 cm³/mol. The molecule has 0 bridgehead atoms. The zero-order valence-electron chi connectivity index (χ0n) is 58.6. The summed E-state index contributed by atoms with van der Waals surface area (Å²) in [6, 6.07) is 57.6. The largest absolute Gasteiger partial charge is 0.424 e. The molecule has 0 aliphatic carbocycles. The summed E-state index contributed by atoms with van der Waals surface area (Å²) in [4.78, 5) is 113. The van der Waals surface area contributed by atoms with Crippen molar-refractivity contribution < 1.29 is 33.5 Å². The summed E-state index contributed by atoms with van der Waals surface area (Å²) in [5.41, 5.74) is 13.3. The fourth-order valence-electron chi connectivity index (χ4n) is 10.1. The van der Waals surface area contributed by atoms with Crippen LogP contribution in [0.3, 0.4) is 0 Å². The second kappa shape index (κ2) is 38.6. The van der Waals surface area contributed by atoms with E-state index in [1.807, 2.05) is 119 Å². The van der Waals surface area contributed by atoms with Gasteiger partial charge in [0.05, 0.1) is 17.1 Å². The molecule has 0 spiro atoms. The Hall–Kier alpha value is -14.2. The van der Waals surface area contributed by atoms with Gasteiger partial charge in [-0.05, 0) is 225 Å². The molecule has 12 rings (SSSR count). The highest BCUT2D eigenvalue weighted by molar-refractivity contribution is 6.07. The molecule has 6 heterocycles. The standard InChI is InChI=1S/C29H27N5O2.C28H25N5O2.C27H23N5O3/c1-3-4-7-28(35)32-24-12-9-21(10-13-24)29(36)33-25-11-8-20(2)23(17-25)18-27-31-16-14-26(34-27)22-6-5-15-30-19-22;1-2-3-9-27(34)31-23-12-10-21(11-13-23)28(35)32-24-8-4-6-20(17-24)18-26-30-16-14-25(33-26)22-7-5-15-29-19-22;1-2-3-9-25(33)30-21-12-10-19(11-13-21)26(34)31-22-7-4-8-23(17-22)35-27-29-16-14-24(32-27)20-6-5-15-28-18-20/h4-17,19H,3,18H2,1-2H3,(H,32,35)(H,33,36);3-17,19H,2,18H2,1H3,(H,31,34)(H,32,35);3-18H,2H2,1H3,(H,30,33)(H,31,34)/b7-4+;2*9-3+. The lowest BCUT2D eigenvalue weighted by atomic mass is 10.0.